The highest BCUT2D eigenvalue weighted by atomic mass is 32.1. The van der Waals surface area contributed by atoms with E-state index in [1.165, 1.54) is 17.7 Å². The molecule has 1 fully saturated rings. The van der Waals surface area contributed by atoms with Crippen molar-refractivity contribution < 1.29 is 14.6 Å². The first-order chi connectivity index (χ1) is 11.2. The minimum atomic E-state index is -0.597. The molecule has 1 saturated carbocycles. The molecule has 0 bridgehead atoms. The minimum absolute atomic E-state index is 0.586. The molecule has 0 amide bonds. The van der Waals surface area contributed by atoms with E-state index in [9.17, 15) is 5.11 Å². The van der Waals surface area contributed by atoms with Gasteiger partial charge in [0.05, 0.1) is 20.3 Å². The molecule has 1 aliphatic rings. The molecule has 23 heavy (non-hydrogen) atoms. The van der Waals surface area contributed by atoms with E-state index in [4.69, 9.17) is 9.47 Å². The van der Waals surface area contributed by atoms with Gasteiger partial charge in [-0.15, -0.1) is 11.3 Å². The molecule has 124 valence electrons. The van der Waals surface area contributed by atoms with Crippen LogP contribution in [0.1, 0.15) is 29.4 Å². The molecule has 1 atom stereocenters. The highest BCUT2D eigenvalue weighted by molar-refractivity contribution is 7.09. The number of thiophene rings is 1. The van der Waals surface area contributed by atoms with E-state index in [0.29, 0.717) is 18.3 Å². The molecule has 3 rings (SSSR count). The van der Waals surface area contributed by atoms with E-state index in [1.54, 1.807) is 25.6 Å². The van der Waals surface area contributed by atoms with Crippen LogP contribution in [0.4, 0.5) is 0 Å². The first-order valence-corrected chi connectivity index (χ1v) is 8.75. The quantitative estimate of drug-likeness (QED) is 0.803. The molecule has 1 heterocycles. The monoisotopic (exact) mass is 333 g/mol. The third kappa shape index (κ3) is 4.05. The van der Waals surface area contributed by atoms with Crippen LogP contribution in [0.5, 0.6) is 11.5 Å². The van der Waals surface area contributed by atoms with E-state index in [1.807, 2.05) is 18.2 Å². The Balaban J connectivity index is 1.74. The SMILES string of the molecule is COc1ccc(OC)c(C(O)CN(Cc2cccs2)C2CC2)c1. The van der Waals surface area contributed by atoms with Gasteiger partial charge in [0, 0.05) is 29.6 Å². The molecule has 0 saturated heterocycles. The summed E-state index contributed by atoms with van der Waals surface area (Å²) in [4.78, 5) is 3.71. The van der Waals surface area contributed by atoms with Crippen LogP contribution >= 0.6 is 11.3 Å². The first-order valence-electron chi connectivity index (χ1n) is 7.87. The summed E-state index contributed by atoms with van der Waals surface area (Å²) in [6.07, 6.45) is 1.83. The molecule has 2 aromatic rings. The number of nitrogens with zero attached hydrogens (tertiary/aromatic N) is 1. The summed E-state index contributed by atoms with van der Waals surface area (Å²) < 4.78 is 10.7. The first kappa shape index (κ1) is 16.3. The second-order valence-electron chi connectivity index (χ2n) is 5.86. The average Bonchev–Trinajstić information content (AvgIpc) is 3.31. The van der Waals surface area contributed by atoms with Crippen LogP contribution in [0.15, 0.2) is 35.7 Å². The minimum Gasteiger partial charge on any atom is -0.497 e. The van der Waals surface area contributed by atoms with Gasteiger partial charge in [-0.2, -0.15) is 0 Å². The topological polar surface area (TPSA) is 41.9 Å². The number of aliphatic hydroxyl groups is 1. The maximum absolute atomic E-state index is 10.8. The van der Waals surface area contributed by atoms with Crippen LogP contribution in [0.3, 0.4) is 0 Å². The highest BCUT2D eigenvalue weighted by Crippen LogP contribution is 2.34. The molecule has 1 aliphatic carbocycles. The molecule has 5 heteroatoms. The summed E-state index contributed by atoms with van der Waals surface area (Å²) in [5.74, 6) is 1.43. The predicted molar refractivity (Wildman–Crippen MR) is 92.3 cm³/mol. The molecule has 4 nitrogen and oxygen atoms in total. The second kappa shape index (κ2) is 7.34. The van der Waals surface area contributed by atoms with Gasteiger partial charge in [-0.1, -0.05) is 6.07 Å². The van der Waals surface area contributed by atoms with E-state index < -0.39 is 6.10 Å². The number of hydrogen-bond donors (Lipinski definition) is 1. The lowest BCUT2D eigenvalue weighted by Crippen LogP contribution is -2.30. The summed E-state index contributed by atoms with van der Waals surface area (Å²) in [6, 6.07) is 10.4. The Labute approximate surface area is 141 Å². The Bertz CT molecular complexity index is 625. The van der Waals surface area contributed by atoms with Crippen LogP contribution < -0.4 is 9.47 Å². The molecule has 1 unspecified atom stereocenters. The summed E-state index contributed by atoms with van der Waals surface area (Å²) in [6.45, 7) is 1.50. The van der Waals surface area contributed by atoms with Crippen molar-refractivity contribution in [3.8, 4) is 11.5 Å². The molecule has 0 aliphatic heterocycles. The zero-order valence-corrected chi connectivity index (χ0v) is 14.4. The zero-order chi connectivity index (χ0) is 16.2. The number of hydrogen-bond acceptors (Lipinski definition) is 5. The van der Waals surface area contributed by atoms with Crippen molar-refractivity contribution in [2.75, 3.05) is 20.8 Å². The molecule has 1 aromatic heterocycles. The normalized spacial score (nSPS) is 15.7. The Hall–Kier alpha value is -1.56. The van der Waals surface area contributed by atoms with Crippen molar-refractivity contribution in [3.63, 3.8) is 0 Å². The van der Waals surface area contributed by atoms with Crippen molar-refractivity contribution >= 4 is 11.3 Å². The second-order valence-corrected chi connectivity index (χ2v) is 6.90. The smallest absolute Gasteiger partial charge is 0.124 e. The van der Waals surface area contributed by atoms with E-state index in [-0.39, 0.29) is 0 Å². The Kier molecular flexibility index (Phi) is 5.20. The highest BCUT2D eigenvalue weighted by Gasteiger charge is 2.31. The van der Waals surface area contributed by atoms with Crippen LogP contribution in [0.2, 0.25) is 0 Å². The molecule has 0 spiro atoms. The Morgan fingerprint density at radius 3 is 2.70 bits per heavy atom. The van der Waals surface area contributed by atoms with Gasteiger partial charge in [-0.25, -0.2) is 0 Å². The summed E-state index contributed by atoms with van der Waals surface area (Å²) in [7, 11) is 3.26. The summed E-state index contributed by atoms with van der Waals surface area (Å²) in [5.41, 5.74) is 0.781. The molecular weight excluding hydrogens is 310 g/mol. The molecular formula is C18H23NO3S. The van der Waals surface area contributed by atoms with Crippen LogP contribution in [-0.2, 0) is 6.54 Å². The van der Waals surface area contributed by atoms with Gasteiger partial charge in [0.2, 0.25) is 0 Å². The molecule has 0 radical (unpaired) electrons. The van der Waals surface area contributed by atoms with E-state index >= 15 is 0 Å². The summed E-state index contributed by atoms with van der Waals surface area (Å²) in [5, 5.41) is 12.9. The zero-order valence-electron chi connectivity index (χ0n) is 13.6. The number of benzene rings is 1. The molecule has 1 N–H and O–H groups in total. The van der Waals surface area contributed by atoms with Crippen molar-refractivity contribution in [1.82, 2.24) is 4.90 Å². The fourth-order valence-electron chi connectivity index (χ4n) is 2.81. The van der Waals surface area contributed by atoms with Gasteiger partial charge in [0.1, 0.15) is 11.5 Å². The fraction of sp³-hybridized carbons (Fsp3) is 0.444. The van der Waals surface area contributed by atoms with E-state index in [0.717, 1.165) is 17.9 Å². The van der Waals surface area contributed by atoms with Crippen molar-refractivity contribution in [2.24, 2.45) is 0 Å². The van der Waals surface area contributed by atoms with Crippen molar-refractivity contribution in [2.45, 2.75) is 31.5 Å². The maximum Gasteiger partial charge on any atom is 0.124 e. The lowest BCUT2D eigenvalue weighted by atomic mass is 10.1. The van der Waals surface area contributed by atoms with Gasteiger partial charge >= 0.3 is 0 Å². The number of ether oxygens (including phenoxy) is 2. The van der Waals surface area contributed by atoms with Gasteiger partial charge in [0.15, 0.2) is 0 Å². The lowest BCUT2D eigenvalue weighted by Gasteiger charge is -2.25. The molecule has 1 aromatic carbocycles. The van der Waals surface area contributed by atoms with Crippen LogP contribution in [0.25, 0.3) is 0 Å². The maximum atomic E-state index is 10.8. The Morgan fingerprint density at radius 2 is 2.09 bits per heavy atom. The average molecular weight is 333 g/mol. The predicted octanol–water partition coefficient (Wildman–Crippen LogP) is 3.46. The van der Waals surface area contributed by atoms with Crippen molar-refractivity contribution in [3.05, 3.63) is 46.2 Å². The number of methoxy groups -OCH3 is 2. The van der Waals surface area contributed by atoms with Gasteiger partial charge < -0.3 is 14.6 Å². The van der Waals surface area contributed by atoms with Gasteiger partial charge in [-0.3, -0.25) is 4.90 Å². The van der Waals surface area contributed by atoms with E-state index in [2.05, 4.69) is 22.4 Å². The number of rotatable bonds is 8. The largest absolute Gasteiger partial charge is 0.497 e. The third-order valence-corrected chi connectivity index (χ3v) is 5.07. The number of aliphatic hydroxyl groups excluding tert-OH is 1. The van der Waals surface area contributed by atoms with Crippen LogP contribution in [-0.4, -0.2) is 36.8 Å². The summed E-state index contributed by atoms with van der Waals surface area (Å²) >= 11 is 1.77. The van der Waals surface area contributed by atoms with Crippen LogP contribution in [0, 0.1) is 0 Å². The fourth-order valence-corrected chi connectivity index (χ4v) is 3.53. The Morgan fingerprint density at radius 1 is 1.26 bits per heavy atom. The standard InChI is InChI=1S/C18H23NO3S/c1-21-14-7-8-18(22-2)16(10-14)17(20)12-19(13-5-6-13)11-15-4-3-9-23-15/h3-4,7-10,13,17,20H,5-6,11-12H2,1-2H3. The van der Waals surface area contributed by atoms with Gasteiger partial charge in [0.25, 0.3) is 0 Å². The third-order valence-electron chi connectivity index (χ3n) is 4.21. The van der Waals surface area contributed by atoms with Gasteiger partial charge in [-0.05, 0) is 42.5 Å². The van der Waals surface area contributed by atoms with Crippen molar-refractivity contribution in [1.29, 1.82) is 0 Å². The lowest BCUT2D eigenvalue weighted by molar-refractivity contribution is 0.102.